The summed E-state index contributed by atoms with van der Waals surface area (Å²) in [4.78, 5) is 5.07. The monoisotopic (exact) mass is 540 g/mol. The number of hydrogen-bond donors (Lipinski definition) is 0. The average Bonchev–Trinajstić information content (AvgIpc) is 2.98. The maximum absolute atomic E-state index is 6.25. The third kappa shape index (κ3) is 6.64. The van der Waals surface area contributed by atoms with Gasteiger partial charge in [0.05, 0.1) is 14.2 Å². The van der Waals surface area contributed by atoms with Gasteiger partial charge in [0.15, 0.2) is 0 Å². The Kier molecular flexibility index (Phi) is 9.01. The molecule has 3 aromatic rings. The predicted molar refractivity (Wildman–Crippen MR) is 165 cm³/mol. The van der Waals surface area contributed by atoms with Gasteiger partial charge in [-0.05, 0) is 84.7 Å². The van der Waals surface area contributed by atoms with E-state index in [1.807, 2.05) is 6.07 Å². The van der Waals surface area contributed by atoms with E-state index in [-0.39, 0.29) is 0 Å². The summed E-state index contributed by atoms with van der Waals surface area (Å²) in [7, 11) is 3.47. The zero-order valence-corrected chi connectivity index (χ0v) is 24.8. The van der Waals surface area contributed by atoms with Crippen LogP contribution in [0.4, 0.5) is 5.69 Å². The zero-order valence-electron chi connectivity index (χ0n) is 24.8. The molecule has 0 spiro atoms. The second-order valence-electron chi connectivity index (χ2n) is 11.5. The maximum atomic E-state index is 6.25. The summed E-state index contributed by atoms with van der Waals surface area (Å²) in [5.74, 6) is 3.38. The fourth-order valence-corrected chi connectivity index (χ4v) is 6.00. The summed E-state index contributed by atoms with van der Waals surface area (Å²) in [6.45, 7) is 12.6. The van der Waals surface area contributed by atoms with Crippen molar-refractivity contribution in [1.29, 1.82) is 0 Å². The fraction of sp³-hybridized carbons (Fsp3) is 0.429. The van der Waals surface area contributed by atoms with Crippen molar-refractivity contribution in [2.24, 2.45) is 5.92 Å². The highest BCUT2D eigenvalue weighted by molar-refractivity contribution is 5.72. The van der Waals surface area contributed by atoms with E-state index in [1.54, 1.807) is 19.8 Å². The van der Waals surface area contributed by atoms with Gasteiger partial charge in [0.25, 0.3) is 0 Å². The molecule has 0 atom stereocenters. The summed E-state index contributed by atoms with van der Waals surface area (Å²) in [5, 5.41) is 0. The van der Waals surface area contributed by atoms with Crippen molar-refractivity contribution in [1.82, 2.24) is 4.90 Å². The number of nitrogens with zero attached hydrogens (tertiary/aromatic N) is 2. The van der Waals surface area contributed by atoms with Gasteiger partial charge >= 0.3 is 0 Å². The minimum atomic E-state index is 0.506. The van der Waals surface area contributed by atoms with Gasteiger partial charge in [-0.2, -0.15) is 0 Å². The Morgan fingerprint density at radius 1 is 0.825 bits per heavy atom. The maximum Gasteiger partial charge on any atom is 0.125 e. The topological polar surface area (TPSA) is 34.2 Å². The number of methoxy groups -OCH3 is 2. The van der Waals surface area contributed by atoms with Crippen molar-refractivity contribution in [2.45, 2.75) is 46.6 Å². The van der Waals surface area contributed by atoms with E-state index in [1.165, 1.54) is 28.0 Å². The first kappa shape index (κ1) is 28.1. The largest absolute Gasteiger partial charge is 0.497 e. The standard InChI is InChI=1S/C35H44N2O3/c1-25(2)19-27-9-10-30(35(20-27)39-5)24-40-33-13-14-34-26(3)29(12-11-28(34)21-33)23-36-15-17-37(18-16-36)31-7-6-8-32(22-31)38-4/h6-10,13-14,20-22,25H,11-12,15-19,23-24H2,1-5H3. The van der Waals surface area contributed by atoms with Crippen LogP contribution in [0.15, 0.2) is 66.2 Å². The van der Waals surface area contributed by atoms with Gasteiger partial charge in [-0.1, -0.05) is 43.7 Å². The molecule has 1 heterocycles. The normalized spacial score (nSPS) is 15.8. The molecule has 40 heavy (non-hydrogen) atoms. The van der Waals surface area contributed by atoms with Crippen molar-refractivity contribution in [3.05, 3.63) is 88.5 Å². The Morgan fingerprint density at radius 3 is 2.40 bits per heavy atom. The number of allylic oxidation sites excluding steroid dienone is 1. The summed E-state index contributed by atoms with van der Waals surface area (Å²) in [5.41, 5.74) is 9.41. The molecule has 212 valence electrons. The highest BCUT2D eigenvalue weighted by Crippen LogP contribution is 2.34. The molecule has 0 N–H and O–H groups in total. The molecule has 5 heteroatoms. The number of piperazine rings is 1. The van der Waals surface area contributed by atoms with E-state index >= 15 is 0 Å². The van der Waals surface area contributed by atoms with E-state index in [4.69, 9.17) is 14.2 Å². The summed E-state index contributed by atoms with van der Waals surface area (Å²) >= 11 is 0. The molecule has 0 aromatic heterocycles. The van der Waals surface area contributed by atoms with Gasteiger partial charge in [-0.3, -0.25) is 4.90 Å². The van der Waals surface area contributed by atoms with Gasteiger partial charge in [0, 0.05) is 50.0 Å². The van der Waals surface area contributed by atoms with E-state index in [9.17, 15) is 0 Å². The number of hydrogen-bond acceptors (Lipinski definition) is 5. The quantitative estimate of drug-likeness (QED) is 0.276. The van der Waals surface area contributed by atoms with Gasteiger partial charge in [0.2, 0.25) is 0 Å². The lowest BCUT2D eigenvalue weighted by atomic mass is 9.86. The first-order chi connectivity index (χ1) is 19.4. The van der Waals surface area contributed by atoms with Crippen LogP contribution >= 0.6 is 0 Å². The van der Waals surface area contributed by atoms with Crippen molar-refractivity contribution < 1.29 is 14.2 Å². The molecule has 2 aliphatic rings. The van der Waals surface area contributed by atoms with Crippen LogP contribution in [0.1, 0.15) is 49.4 Å². The highest BCUT2D eigenvalue weighted by atomic mass is 16.5. The van der Waals surface area contributed by atoms with Crippen molar-refractivity contribution in [3.8, 4) is 17.2 Å². The van der Waals surface area contributed by atoms with Crippen LogP contribution in [-0.4, -0.2) is 51.8 Å². The minimum absolute atomic E-state index is 0.506. The van der Waals surface area contributed by atoms with Crippen molar-refractivity contribution >= 4 is 11.3 Å². The van der Waals surface area contributed by atoms with E-state index in [2.05, 4.69) is 85.2 Å². The molecule has 0 unspecified atom stereocenters. The third-order valence-electron chi connectivity index (χ3n) is 8.30. The van der Waals surface area contributed by atoms with Crippen LogP contribution < -0.4 is 19.1 Å². The van der Waals surface area contributed by atoms with Gasteiger partial charge in [0.1, 0.15) is 23.9 Å². The second-order valence-corrected chi connectivity index (χ2v) is 11.5. The number of benzene rings is 3. The number of anilines is 1. The third-order valence-corrected chi connectivity index (χ3v) is 8.30. The average molecular weight is 541 g/mol. The van der Waals surface area contributed by atoms with Crippen LogP contribution in [0.5, 0.6) is 17.2 Å². The summed E-state index contributed by atoms with van der Waals surface area (Å²) < 4.78 is 17.3. The van der Waals surface area contributed by atoms with Crippen LogP contribution in [-0.2, 0) is 19.4 Å². The molecule has 5 rings (SSSR count). The minimum Gasteiger partial charge on any atom is -0.497 e. The molecule has 0 radical (unpaired) electrons. The molecule has 1 saturated heterocycles. The molecule has 0 amide bonds. The lowest BCUT2D eigenvalue weighted by Gasteiger charge is -2.37. The Bertz CT molecular complexity index is 1340. The molecule has 1 aliphatic carbocycles. The van der Waals surface area contributed by atoms with Gasteiger partial charge in [-0.25, -0.2) is 0 Å². The predicted octanol–water partition coefficient (Wildman–Crippen LogP) is 7.02. The molecular weight excluding hydrogens is 496 g/mol. The number of aryl methyl sites for hydroxylation is 1. The zero-order chi connectivity index (χ0) is 28.1. The first-order valence-corrected chi connectivity index (χ1v) is 14.7. The molecule has 1 aliphatic heterocycles. The number of ether oxygens (including phenoxy) is 3. The lowest BCUT2D eigenvalue weighted by Crippen LogP contribution is -2.47. The van der Waals surface area contributed by atoms with Crippen LogP contribution in [0.25, 0.3) is 5.57 Å². The Balaban J connectivity index is 1.19. The van der Waals surface area contributed by atoms with Crippen molar-refractivity contribution in [3.63, 3.8) is 0 Å². The SMILES string of the molecule is COc1cccc(N2CCN(CC3=C(C)c4ccc(OCc5ccc(CC(C)C)cc5OC)cc4CC3)CC2)c1. The van der Waals surface area contributed by atoms with Crippen LogP contribution in [0.2, 0.25) is 0 Å². The highest BCUT2D eigenvalue weighted by Gasteiger charge is 2.22. The van der Waals surface area contributed by atoms with Crippen LogP contribution in [0, 0.1) is 5.92 Å². The Labute approximate surface area is 240 Å². The Hall–Kier alpha value is -3.44. The molecule has 0 bridgehead atoms. The van der Waals surface area contributed by atoms with E-state index < -0.39 is 0 Å². The number of rotatable bonds is 10. The molecule has 1 fully saturated rings. The van der Waals surface area contributed by atoms with E-state index in [0.29, 0.717) is 12.5 Å². The lowest BCUT2D eigenvalue weighted by molar-refractivity contribution is 0.276. The van der Waals surface area contributed by atoms with E-state index in [0.717, 1.165) is 74.8 Å². The second kappa shape index (κ2) is 12.8. The summed E-state index contributed by atoms with van der Waals surface area (Å²) in [6.07, 6.45) is 3.23. The molecular formula is C35H44N2O3. The fourth-order valence-electron chi connectivity index (χ4n) is 6.00. The van der Waals surface area contributed by atoms with Crippen molar-refractivity contribution in [2.75, 3.05) is 51.8 Å². The van der Waals surface area contributed by atoms with Gasteiger partial charge in [-0.15, -0.1) is 0 Å². The smallest absolute Gasteiger partial charge is 0.125 e. The van der Waals surface area contributed by atoms with Gasteiger partial charge < -0.3 is 19.1 Å². The molecule has 5 nitrogen and oxygen atoms in total. The first-order valence-electron chi connectivity index (χ1n) is 14.7. The molecule has 3 aromatic carbocycles. The van der Waals surface area contributed by atoms with Crippen LogP contribution in [0.3, 0.4) is 0 Å². The Morgan fingerprint density at radius 2 is 1.65 bits per heavy atom. The summed E-state index contributed by atoms with van der Waals surface area (Å²) in [6, 6.07) is 21.5. The molecule has 0 saturated carbocycles. The number of fused-ring (bicyclic) bond motifs is 1.